The predicted octanol–water partition coefficient (Wildman–Crippen LogP) is 0.982. The van der Waals surface area contributed by atoms with Crippen molar-refractivity contribution in [3.8, 4) is 11.8 Å². The molecule has 0 saturated heterocycles. The standard InChI is InChI=1S/C11H15N3O/c1-14(8-9(13)7-12)10-3-5-11(15-2)6-4-10/h3-6,9H,8,13H2,1-2H3. The molecule has 0 radical (unpaired) electrons. The second-order valence-electron chi connectivity index (χ2n) is 3.31. The quantitative estimate of drug-likeness (QED) is 0.796. The number of nitrogens with two attached hydrogens (primary N) is 1. The molecule has 15 heavy (non-hydrogen) atoms. The zero-order valence-electron chi connectivity index (χ0n) is 8.97. The third kappa shape index (κ3) is 3.15. The van der Waals surface area contributed by atoms with Crippen molar-refractivity contribution in [2.75, 3.05) is 25.6 Å². The summed E-state index contributed by atoms with van der Waals surface area (Å²) >= 11 is 0. The number of benzene rings is 1. The fourth-order valence-corrected chi connectivity index (χ4v) is 1.28. The molecule has 0 amide bonds. The van der Waals surface area contributed by atoms with Crippen LogP contribution in [0, 0.1) is 11.3 Å². The van der Waals surface area contributed by atoms with Crippen molar-refractivity contribution in [1.82, 2.24) is 0 Å². The molecule has 0 bridgehead atoms. The number of ether oxygens (including phenoxy) is 1. The lowest BCUT2D eigenvalue weighted by Crippen LogP contribution is -2.33. The number of hydrogen-bond acceptors (Lipinski definition) is 4. The molecule has 0 saturated carbocycles. The van der Waals surface area contributed by atoms with Crippen LogP contribution in [0.15, 0.2) is 24.3 Å². The maximum atomic E-state index is 8.59. The minimum Gasteiger partial charge on any atom is -0.497 e. The van der Waals surface area contributed by atoms with E-state index in [-0.39, 0.29) is 0 Å². The van der Waals surface area contributed by atoms with Gasteiger partial charge in [0.1, 0.15) is 11.8 Å². The minimum absolute atomic E-state index is 0.461. The van der Waals surface area contributed by atoms with E-state index in [0.29, 0.717) is 6.54 Å². The molecule has 1 atom stereocenters. The molecule has 2 N–H and O–H groups in total. The van der Waals surface area contributed by atoms with Gasteiger partial charge in [0.05, 0.1) is 13.2 Å². The first kappa shape index (κ1) is 11.3. The van der Waals surface area contributed by atoms with Gasteiger partial charge in [-0.25, -0.2) is 0 Å². The summed E-state index contributed by atoms with van der Waals surface area (Å²) in [4.78, 5) is 1.94. The molecule has 0 aliphatic rings. The number of nitriles is 1. The number of anilines is 1. The molecule has 0 aromatic heterocycles. The van der Waals surface area contributed by atoms with Gasteiger partial charge >= 0.3 is 0 Å². The van der Waals surface area contributed by atoms with Gasteiger partial charge in [-0.05, 0) is 24.3 Å². The first-order valence-electron chi connectivity index (χ1n) is 4.67. The van der Waals surface area contributed by atoms with Crippen LogP contribution < -0.4 is 15.4 Å². The molecule has 0 aliphatic carbocycles. The Morgan fingerprint density at radius 2 is 2.07 bits per heavy atom. The van der Waals surface area contributed by atoms with E-state index in [1.165, 1.54) is 0 Å². The molecule has 0 heterocycles. The Labute approximate surface area is 89.9 Å². The number of rotatable bonds is 4. The Morgan fingerprint density at radius 1 is 1.47 bits per heavy atom. The number of methoxy groups -OCH3 is 1. The third-order valence-corrected chi connectivity index (χ3v) is 2.15. The Morgan fingerprint density at radius 3 is 2.53 bits per heavy atom. The highest BCUT2D eigenvalue weighted by Crippen LogP contribution is 2.17. The van der Waals surface area contributed by atoms with Crippen molar-refractivity contribution in [3.63, 3.8) is 0 Å². The van der Waals surface area contributed by atoms with Crippen LogP contribution in [0.5, 0.6) is 5.75 Å². The SMILES string of the molecule is COc1ccc(N(C)CC(N)C#N)cc1. The van der Waals surface area contributed by atoms with E-state index in [9.17, 15) is 0 Å². The lowest BCUT2D eigenvalue weighted by molar-refractivity contribution is 0.415. The summed E-state index contributed by atoms with van der Waals surface area (Å²) in [5.74, 6) is 0.816. The molecule has 80 valence electrons. The second-order valence-corrected chi connectivity index (χ2v) is 3.31. The normalized spacial score (nSPS) is 11.6. The van der Waals surface area contributed by atoms with Crippen molar-refractivity contribution in [3.05, 3.63) is 24.3 Å². The van der Waals surface area contributed by atoms with Crippen molar-refractivity contribution < 1.29 is 4.74 Å². The molecule has 0 fully saturated rings. The Bertz CT molecular complexity index is 342. The summed E-state index contributed by atoms with van der Waals surface area (Å²) in [5.41, 5.74) is 6.56. The maximum absolute atomic E-state index is 8.59. The summed E-state index contributed by atoms with van der Waals surface area (Å²) in [6.07, 6.45) is 0. The van der Waals surface area contributed by atoms with Gasteiger partial charge < -0.3 is 15.4 Å². The topological polar surface area (TPSA) is 62.3 Å². The largest absolute Gasteiger partial charge is 0.497 e. The van der Waals surface area contributed by atoms with Gasteiger partial charge in [0.25, 0.3) is 0 Å². The van der Waals surface area contributed by atoms with Gasteiger partial charge in [-0.3, -0.25) is 0 Å². The van der Waals surface area contributed by atoms with E-state index in [4.69, 9.17) is 15.7 Å². The van der Waals surface area contributed by atoms with E-state index in [2.05, 4.69) is 0 Å². The van der Waals surface area contributed by atoms with Crippen molar-refractivity contribution in [2.45, 2.75) is 6.04 Å². The highest BCUT2D eigenvalue weighted by atomic mass is 16.5. The fourth-order valence-electron chi connectivity index (χ4n) is 1.28. The molecular weight excluding hydrogens is 190 g/mol. The average molecular weight is 205 g/mol. The smallest absolute Gasteiger partial charge is 0.119 e. The second kappa shape index (κ2) is 5.23. The summed E-state index contributed by atoms with van der Waals surface area (Å²) in [5, 5.41) is 8.59. The number of likely N-dealkylation sites (N-methyl/N-ethyl adjacent to an activating group) is 1. The van der Waals surface area contributed by atoms with Crippen molar-refractivity contribution in [1.29, 1.82) is 5.26 Å². The summed E-state index contributed by atoms with van der Waals surface area (Å²) in [6, 6.07) is 9.16. The van der Waals surface area contributed by atoms with E-state index in [1.54, 1.807) is 7.11 Å². The van der Waals surface area contributed by atoms with E-state index in [0.717, 1.165) is 11.4 Å². The van der Waals surface area contributed by atoms with E-state index in [1.807, 2.05) is 42.3 Å². The number of hydrogen-bond donors (Lipinski definition) is 1. The summed E-state index contributed by atoms with van der Waals surface area (Å²) < 4.78 is 5.06. The van der Waals surface area contributed by atoms with E-state index < -0.39 is 6.04 Å². The van der Waals surface area contributed by atoms with Gasteiger partial charge in [-0.2, -0.15) is 5.26 Å². The van der Waals surface area contributed by atoms with Crippen molar-refractivity contribution in [2.24, 2.45) is 5.73 Å². The van der Waals surface area contributed by atoms with Crippen LogP contribution >= 0.6 is 0 Å². The molecule has 1 unspecified atom stereocenters. The van der Waals surface area contributed by atoms with Gasteiger partial charge in [0, 0.05) is 19.3 Å². The van der Waals surface area contributed by atoms with Crippen LogP contribution in [0.1, 0.15) is 0 Å². The van der Waals surface area contributed by atoms with Gasteiger partial charge in [-0.15, -0.1) is 0 Å². The Hall–Kier alpha value is -1.73. The molecule has 4 heteroatoms. The van der Waals surface area contributed by atoms with Crippen LogP contribution in [0.4, 0.5) is 5.69 Å². The van der Waals surface area contributed by atoms with Gasteiger partial charge in [0.2, 0.25) is 0 Å². The average Bonchev–Trinajstić information content (AvgIpc) is 2.29. The molecule has 0 aliphatic heterocycles. The van der Waals surface area contributed by atoms with Crippen LogP contribution in [0.3, 0.4) is 0 Å². The van der Waals surface area contributed by atoms with Crippen LogP contribution in [0.25, 0.3) is 0 Å². The summed E-state index contributed by atoms with van der Waals surface area (Å²) in [6.45, 7) is 0.517. The monoisotopic (exact) mass is 205 g/mol. The Kier molecular flexibility index (Phi) is 3.95. The maximum Gasteiger partial charge on any atom is 0.119 e. The third-order valence-electron chi connectivity index (χ3n) is 2.15. The lowest BCUT2D eigenvalue weighted by atomic mass is 10.2. The number of nitrogens with zero attached hydrogens (tertiary/aromatic N) is 2. The van der Waals surface area contributed by atoms with Crippen molar-refractivity contribution >= 4 is 5.69 Å². The van der Waals surface area contributed by atoms with Crippen LogP contribution in [0.2, 0.25) is 0 Å². The lowest BCUT2D eigenvalue weighted by Gasteiger charge is -2.20. The molecule has 0 spiro atoms. The van der Waals surface area contributed by atoms with Crippen LogP contribution in [-0.2, 0) is 0 Å². The Balaban J connectivity index is 2.66. The van der Waals surface area contributed by atoms with Gasteiger partial charge in [0.15, 0.2) is 0 Å². The highest BCUT2D eigenvalue weighted by molar-refractivity contribution is 5.48. The fraction of sp³-hybridized carbons (Fsp3) is 0.364. The zero-order chi connectivity index (χ0) is 11.3. The first-order valence-corrected chi connectivity index (χ1v) is 4.67. The minimum atomic E-state index is -0.461. The predicted molar refractivity (Wildman–Crippen MR) is 59.9 cm³/mol. The molecule has 4 nitrogen and oxygen atoms in total. The molecule has 1 aromatic carbocycles. The molecular formula is C11H15N3O. The molecule has 1 aromatic rings. The summed E-state index contributed by atoms with van der Waals surface area (Å²) in [7, 11) is 3.53. The van der Waals surface area contributed by atoms with Gasteiger partial charge in [-0.1, -0.05) is 0 Å². The molecule has 1 rings (SSSR count). The van der Waals surface area contributed by atoms with Crippen LogP contribution in [-0.4, -0.2) is 26.7 Å². The first-order chi connectivity index (χ1) is 7.17. The zero-order valence-corrected chi connectivity index (χ0v) is 8.97. The highest BCUT2D eigenvalue weighted by Gasteiger charge is 2.06. The van der Waals surface area contributed by atoms with E-state index >= 15 is 0 Å².